The average Bonchev–Trinajstić information content (AvgIpc) is 2.72. The van der Waals surface area contributed by atoms with E-state index in [1.807, 2.05) is 54.6 Å². The molecule has 0 aliphatic carbocycles. The molecule has 0 N–H and O–H groups in total. The summed E-state index contributed by atoms with van der Waals surface area (Å²) in [4.78, 5) is 2.25. The highest BCUT2D eigenvalue weighted by Crippen LogP contribution is 2.33. The second-order valence-electron chi connectivity index (χ2n) is 5.50. The Bertz CT molecular complexity index is 707. The monoisotopic (exact) mass is 323 g/mol. The fraction of sp³-hybridized carbons (Fsp3) is 0. The molecule has 0 saturated heterocycles. The first-order valence-electron chi connectivity index (χ1n) is 8.40. The van der Waals surface area contributed by atoms with Crippen LogP contribution in [0, 0.1) is 0 Å². The van der Waals surface area contributed by atoms with Crippen LogP contribution in [0.15, 0.2) is 127 Å². The lowest BCUT2D eigenvalue weighted by atomic mass is 10.2. The third-order valence-electron chi connectivity index (χ3n) is 3.71. The van der Waals surface area contributed by atoms with Gasteiger partial charge in [-0.05, 0) is 36.4 Å². The Balaban J connectivity index is 0.000000258. The first kappa shape index (κ1) is 16.5. The highest BCUT2D eigenvalue weighted by Gasteiger charge is 2.10. The molecule has 0 atom stereocenters. The summed E-state index contributed by atoms with van der Waals surface area (Å²) in [6.07, 6.45) is 0. The molecule has 4 rings (SSSR count). The van der Waals surface area contributed by atoms with Crippen LogP contribution in [0.5, 0.6) is 0 Å². The van der Waals surface area contributed by atoms with Crippen LogP contribution in [0.2, 0.25) is 0 Å². The summed E-state index contributed by atoms with van der Waals surface area (Å²) in [5.74, 6) is 0. The topological polar surface area (TPSA) is 3.24 Å². The Morgan fingerprint density at radius 3 is 0.720 bits per heavy atom. The first-order valence-corrected chi connectivity index (χ1v) is 8.40. The Labute approximate surface area is 149 Å². The minimum absolute atomic E-state index is 1.17. The fourth-order valence-corrected chi connectivity index (χ4v) is 2.56. The predicted octanol–water partition coefficient (Wildman–Crippen LogP) is 6.84. The van der Waals surface area contributed by atoms with Crippen molar-refractivity contribution in [2.75, 3.05) is 4.90 Å². The Kier molecular flexibility index (Phi) is 6.01. The van der Waals surface area contributed by atoms with E-state index in [1.165, 1.54) is 17.1 Å². The maximum Gasteiger partial charge on any atom is 0.0461 e. The molecule has 1 heteroatoms. The molecule has 0 radical (unpaired) electrons. The number of hydrogen-bond acceptors (Lipinski definition) is 1. The van der Waals surface area contributed by atoms with Gasteiger partial charge in [0.15, 0.2) is 0 Å². The van der Waals surface area contributed by atoms with Crippen LogP contribution in [0.3, 0.4) is 0 Å². The SMILES string of the molecule is c1ccc(N(c2ccccc2)c2ccccc2)cc1.c1ccccc1. The zero-order valence-corrected chi connectivity index (χ0v) is 14.1. The molecule has 0 aromatic heterocycles. The maximum atomic E-state index is 2.25. The third-order valence-corrected chi connectivity index (χ3v) is 3.71. The van der Waals surface area contributed by atoms with Gasteiger partial charge in [-0.25, -0.2) is 0 Å². The zero-order chi connectivity index (χ0) is 17.2. The van der Waals surface area contributed by atoms with Crippen molar-refractivity contribution < 1.29 is 0 Å². The van der Waals surface area contributed by atoms with Gasteiger partial charge < -0.3 is 4.90 Å². The van der Waals surface area contributed by atoms with Crippen LogP contribution in [0.4, 0.5) is 17.1 Å². The van der Waals surface area contributed by atoms with Gasteiger partial charge in [0.25, 0.3) is 0 Å². The molecule has 0 fully saturated rings. The molecular weight excluding hydrogens is 302 g/mol. The van der Waals surface area contributed by atoms with E-state index in [0.717, 1.165) is 0 Å². The highest BCUT2D eigenvalue weighted by molar-refractivity contribution is 5.76. The number of rotatable bonds is 3. The van der Waals surface area contributed by atoms with Crippen LogP contribution in [0.25, 0.3) is 0 Å². The zero-order valence-electron chi connectivity index (χ0n) is 14.1. The van der Waals surface area contributed by atoms with Gasteiger partial charge >= 0.3 is 0 Å². The van der Waals surface area contributed by atoms with Gasteiger partial charge in [-0.15, -0.1) is 0 Å². The van der Waals surface area contributed by atoms with Gasteiger partial charge in [0, 0.05) is 17.1 Å². The molecule has 0 aliphatic rings. The summed E-state index contributed by atoms with van der Waals surface area (Å²) in [7, 11) is 0. The minimum atomic E-state index is 1.17. The van der Waals surface area contributed by atoms with Gasteiger partial charge in [-0.2, -0.15) is 0 Å². The number of nitrogens with zero attached hydrogens (tertiary/aromatic N) is 1. The van der Waals surface area contributed by atoms with Crippen LogP contribution in [-0.4, -0.2) is 0 Å². The number of anilines is 3. The van der Waals surface area contributed by atoms with Crippen molar-refractivity contribution in [1.29, 1.82) is 0 Å². The molecule has 0 saturated carbocycles. The second kappa shape index (κ2) is 9.09. The minimum Gasteiger partial charge on any atom is -0.311 e. The lowest BCUT2D eigenvalue weighted by Crippen LogP contribution is -2.09. The standard InChI is InChI=1S/C18H15N.C6H6/c1-4-10-16(11-5-1)19(17-12-6-2-7-13-17)18-14-8-3-9-15-18;1-2-4-6-5-3-1/h1-15H;1-6H. The second-order valence-corrected chi connectivity index (χ2v) is 5.50. The summed E-state index contributed by atoms with van der Waals surface area (Å²) < 4.78 is 0. The molecular formula is C24H21N. The Morgan fingerprint density at radius 2 is 0.480 bits per heavy atom. The van der Waals surface area contributed by atoms with Gasteiger partial charge in [0.05, 0.1) is 0 Å². The van der Waals surface area contributed by atoms with Crippen LogP contribution >= 0.6 is 0 Å². The van der Waals surface area contributed by atoms with Crippen molar-refractivity contribution in [3.63, 3.8) is 0 Å². The van der Waals surface area contributed by atoms with Crippen molar-refractivity contribution in [3.8, 4) is 0 Å². The summed E-state index contributed by atoms with van der Waals surface area (Å²) in [5, 5.41) is 0. The van der Waals surface area contributed by atoms with Crippen LogP contribution in [-0.2, 0) is 0 Å². The van der Waals surface area contributed by atoms with Crippen molar-refractivity contribution in [3.05, 3.63) is 127 Å². The summed E-state index contributed by atoms with van der Waals surface area (Å²) in [6, 6.07) is 43.3. The van der Waals surface area contributed by atoms with E-state index in [2.05, 4.69) is 77.7 Å². The van der Waals surface area contributed by atoms with Crippen molar-refractivity contribution in [1.82, 2.24) is 0 Å². The largest absolute Gasteiger partial charge is 0.311 e. The lowest BCUT2D eigenvalue weighted by molar-refractivity contribution is 1.28. The summed E-state index contributed by atoms with van der Waals surface area (Å²) >= 11 is 0. The molecule has 0 heterocycles. The number of para-hydroxylation sites is 3. The van der Waals surface area contributed by atoms with E-state index in [9.17, 15) is 0 Å². The van der Waals surface area contributed by atoms with E-state index in [1.54, 1.807) is 0 Å². The Hall–Kier alpha value is -3.32. The van der Waals surface area contributed by atoms with E-state index in [0.29, 0.717) is 0 Å². The molecule has 0 unspecified atom stereocenters. The van der Waals surface area contributed by atoms with Gasteiger partial charge in [0.1, 0.15) is 0 Å². The summed E-state index contributed by atoms with van der Waals surface area (Å²) in [5.41, 5.74) is 3.50. The molecule has 25 heavy (non-hydrogen) atoms. The molecule has 0 amide bonds. The lowest BCUT2D eigenvalue weighted by Gasteiger charge is -2.25. The fourth-order valence-electron chi connectivity index (χ4n) is 2.56. The average molecular weight is 323 g/mol. The van der Waals surface area contributed by atoms with Crippen LogP contribution in [0.1, 0.15) is 0 Å². The predicted molar refractivity (Wildman–Crippen MR) is 108 cm³/mol. The van der Waals surface area contributed by atoms with Gasteiger partial charge in [-0.1, -0.05) is 91.0 Å². The Morgan fingerprint density at radius 1 is 0.280 bits per heavy atom. The molecule has 122 valence electrons. The molecule has 0 spiro atoms. The molecule has 0 aliphatic heterocycles. The normalized spacial score (nSPS) is 9.60. The van der Waals surface area contributed by atoms with Crippen molar-refractivity contribution in [2.45, 2.75) is 0 Å². The first-order chi connectivity index (χ1) is 12.4. The van der Waals surface area contributed by atoms with E-state index >= 15 is 0 Å². The van der Waals surface area contributed by atoms with Gasteiger partial charge in [-0.3, -0.25) is 0 Å². The highest BCUT2D eigenvalue weighted by atomic mass is 15.1. The molecule has 4 aromatic rings. The number of hydrogen-bond donors (Lipinski definition) is 0. The molecule has 4 aromatic carbocycles. The van der Waals surface area contributed by atoms with Crippen molar-refractivity contribution in [2.24, 2.45) is 0 Å². The van der Waals surface area contributed by atoms with E-state index in [-0.39, 0.29) is 0 Å². The van der Waals surface area contributed by atoms with Crippen LogP contribution < -0.4 is 4.90 Å². The van der Waals surface area contributed by atoms with Gasteiger partial charge in [0.2, 0.25) is 0 Å². The van der Waals surface area contributed by atoms with E-state index < -0.39 is 0 Å². The molecule has 1 nitrogen and oxygen atoms in total. The quantitative estimate of drug-likeness (QED) is 0.399. The smallest absolute Gasteiger partial charge is 0.0461 e. The maximum absolute atomic E-state index is 2.25. The molecule has 0 bridgehead atoms. The number of benzene rings is 4. The summed E-state index contributed by atoms with van der Waals surface area (Å²) in [6.45, 7) is 0. The van der Waals surface area contributed by atoms with E-state index in [4.69, 9.17) is 0 Å². The third kappa shape index (κ3) is 4.82. The van der Waals surface area contributed by atoms with Crippen molar-refractivity contribution >= 4 is 17.1 Å².